The Morgan fingerprint density at radius 3 is 2.36 bits per heavy atom. The number of halogens is 3. The molecule has 0 heterocycles. The molecule has 3 amide bonds. The normalized spacial score (nSPS) is 12.1. The van der Waals surface area contributed by atoms with Gasteiger partial charge in [-0.1, -0.05) is 37.3 Å². The van der Waals surface area contributed by atoms with Gasteiger partial charge in [0.15, 0.2) is 0 Å². The fraction of sp³-hybridized carbons (Fsp3) is 0.438. The Balaban J connectivity index is 2.86. The summed E-state index contributed by atoms with van der Waals surface area (Å²) >= 11 is 0. The Bertz CT molecular complexity index is 629. The predicted molar refractivity (Wildman–Crippen MR) is 82.4 cm³/mol. The number of rotatable bonds is 6. The molecule has 0 radical (unpaired) electrons. The van der Waals surface area contributed by atoms with Crippen LogP contribution in [0.1, 0.15) is 18.9 Å². The number of nitrogens with zero attached hydrogens (tertiary/aromatic N) is 3. The number of nitriles is 1. The highest BCUT2D eigenvalue weighted by Gasteiger charge is 2.37. The van der Waals surface area contributed by atoms with Crippen molar-refractivity contribution in [2.45, 2.75) is 26.1 Å². The van der Waals surface area contributed by atoms with Gasteiger partial charge in [-0.05, 0) is 12.0 Å². The van der Waals surface area contributed by atoms with Crippen LogP contribution in [0, 0.1) is 17.2 Å². The van der Waals surface area contributed by atoms with E-state index in [2.05, 4.69) is 0 Å². The third-order valence-corrected chi connectivity index (χ3v) is 3.55. The number of carbonyl (C=O) groups excluding carboxylic acids is 1. The number of carboxylic acid groups (broad SMARTS) is 1. The van der Waals surface area contributed by atoms with Gasteiger partial charge in [-0.25, -0.2) is 14.5 Å². The van der Waals surface area contributed by atoms with Crippen LogP contribution in [0.3, 0.4) is 0 Å². The molecule has 25 heavy (non-hydrogen) atoms. The third kappa shape index (κ3) is 6.33. The zero-order valence-electron chi connectivity index (χ0n) is 13.5. The summed E-state index contributed by atoms with van der Waals surface area (Å²) in [6.45, 7) is -0.0920. The minimum Gasteiger partial charge on any atom is -0.465 e. The van der Waals surface area contributed by atoms with Crippen LogP contribution >= 0.6 is 0 Å². The SMILES string of the molecule is CC(CCN(C(=O)O)C(=O)N(CC#N)Cc1ccccc1)C(F)(F)F. The fourth-order valence-corrected chi connectivity index (χ4v) is 2.01. The first-order chi connectivity index (χ1) is 11.7. The summed E-state index contributed by atoms with van der Waals surface area (Å²) < 4.78 is 37.7. The van der Waals surface area contributed by atoms with Crippen LogP contribution in [0.4, 0.5) is 22.8 Å². The number of urea groups is 1. The maximum atomic E-state index is 12.6. The van der Waals surface area contributed by atoms with Crippen molar-refractivity contribution in [2.75, 3.05) is 13.1 Å². The Hall–Kier alpha value is -2.76. The molecule has 1 atom stereocenters. The van der Waals surface area contributed by atoms with Crippen molar-refractivity contribution in [3.05, 3.63) is 35.9 Å². The quantitative estimate of drug-likeness (QED) is 0.787. The number of hydrogen-bond acceptors (Lipinski definition) is 3. The van der Waals surface area contributed by atoms with Gasteiger partial charge in [0, 0.05) is 13.1 Å². The molecule has 1 aromatic rings. The minimum absolute atomic E-state index is 0.0220. The second kappa shape index (κ2) is 8.92. The first kappa shape index (κ1) is 20.3. The van der Waals surface area contributed by atoms with E-state index in [-0.39, 0.29) is 13.1 Å². The van der Waals surface area contributed by atoms with Gasteiger partial charge in [0.2, 0.25) is 0 Å². The highest BCUT2D eigenvalue weighted by atomic mass is 19.4. The van der Waals surface area contributed by atoms with Crippen molar-refractivity contribution in [2.24, 2.45) is 5.92 Å². The average Bonchev–Trinajstić information content (AvgIpc) is 2.54. The molecule has 1 unspecified atom stereocenters. The number of hydrogen-bond donors (Lipinski definition) is 1. The first-order valence-corrected chi connectivity index (χ1v) is 7.43. The molecule has 0 fully saturated rings. The molecule has 0 saturated carbocycles. The number of benzene rings is 1. The molecule has 1 aromatic carbocycles. The highest BCUT2D eigenvalue weighted by Crippen LogP contribution is 2.28. The molecule has 6 nitrogen and oxygen atoms in total. The highest BCUT2D eigenvalue weighted by molar-refractivity contribution is 5.90. The molecule has 136 valence electrons. The van der Waals surface area contributed by atoms with E-state index >= 15 is 0 Å². The molecule has 0 aromatic heterocycles. The number of carbonyl (C=O) groups is 2. The Kier molecular flexibility index (Phi) is 7.23. The van der Waals surface area contributed by atoms with Gasteiger partial charge in [-0.3, -0.25) is 0 Å². The molecular formula is C16H18F3N3O3. The van der Waals surface area contributed by atoms with E-state index in [9.17, 15) is 22.8 Å². The molecule has 0 aliphatic heterocycles. The van der Waals surface area contributed by atoms with Crippen molar-refractivity contribution in [1.29, 1.82) is 5.26 Å². The lowest BCUT2D eigenvalue weighted by Gasteiger charge is -2.27. The minimum atomic E-state index is -4.47. The molecular weight excluding hydrogens is 339 g/mol. The summed E-state index contributed by atoms with van der Waals surface area (Å²) in [4.78, 5) is 24.9. The van der Waals surface area contributed by atoms with E-state index in [4.69, 9.17) is 10.4 Å². The van der Waals surface area contributed by atoms with E-state index in [1.165, 1.54) is 0 Å². The summed E-state index contributed by atoms with van der Waals surface area (Å²) in [5, 5.41) is 18.0. The van der Waals surface area contributed by atoms with Gasteiger partial charge < -0.3 is 10.0 Å². The Morgan fingerprint density at radius 2 is 1.88 bits per heavy atom. The van der Waals surface area contributed by atoms with Crippen molar-refractivity contribution in [1.82, 2.24) is 9.80 Å². The van der Waals surface area contributed by atoms with Crippen LogP contribution in [0.15, 0.2) is 30.3 Å². The molecule has 1 N–H and O–H groups in total. The molecule has 9 heteroatoms. The number of alkyl halides is 3. The van der Waals surface area contributed by atoms with Crippen molar-refractivity contribution in [3.63, 3.8) is 0 Å². The zero-order valence-corrected chi connectivity index (χ0v) is 13.5. The van der Waals surface area contributed by atoms with Crippen LogP contribution in [-0.2, 0) is 6.54 Å². The van der Waals surface area contributed by atoms with E-state index in [0.29, 0.717) is 10.5 Å². The van der Waals surface area contributed by atoms with Crippen molar-refractivity contribution < 1.29 is 27.9 Å². The zero-order chi connectivity index (χ0) is 19.0. The first-order valence-electron chi connectivity index (χ1n) is 7.43. The summed E-state index contributed by atoms with van der Waals surface area (Å²) in [7, 11) is 0. The molecule has 0 aliphatic rings. The Morgan fingerprint density at radius 1 is 1.28 bits per heavy atom. The van der Waals surface area contributed by atoms with Crippen LogP contribution < -0.4 is 0 Å². The third-order valence-electron chi connectivity index (χ3n) is 3.55. The lowest BCUT2D eigenvalue weighted by Crippen LogP contribution is -2.46. The van der Waals surface area contributed by atoms with E-state index < -0.39 is 37.2 Å². The summed E-state index contributed by atoms with van der Waals surface area (Å²) in [5.41, 5.74) is 0.667. The average molecular weight is 357 g/mol. The van der Waals surface area contributed by atoms with Gasteiger partial charge in [-0.2, -0.15) is 18.4 Å². The van der Waals surface area contributed by atoms with E-state index in [0.717, 1.165) is 11.8 Å². The van der Waals surface area contributed by atoms with Crippen LogP contribution in [0.25, 0.3) is 0 Å². The number of amides is 3. The van der Waals surface area contributed by atoms with Crippen molar-refractivity contribution in [3.8, 4) is 6.07 Å². The van der Waals surface area contributed by atoms with Gasteiger partial charge in [-0.15, -0.1) is 0 Å². The summed E-state index contributed by atoms with van der Waals surface area (Å²) in [5.74, 6) is -1.75. The topological polar surface area (TPSA) is 84.6 Å². The second-order valence-corrected chi connectivity index (χ2v) is 5.45. The molecule has 0 spiro atoms. The van der Waals surface area contributed by atoms with Crippen molar-refractivity contribution >= 4 is 12.1 Å². The lowest BCUT2D eigenvalue weighted by atomic mass is 10.1. The second-order valence-electron chi connectivity index (χ2n) is 5.45. The predicted octanol–water partition coefficient (Wildman–Crippen LogP) is 3.70. The fourth-order valence-electron chi connectivity index (χ4n) is 2.01. The van der Waals surface area contributed by atoms with Gasteiger partial charge >= 0.3 is 18.3 Å². The molecule has 0 bridgehead atoms. The van der Waals surface area contributed by atoms with Gasteiger partial charge in [0.05, 0.1) is 12.0 Å². The van der Waals surface area contributed by atoms with Crippen LogP contribution in [0.5, 0.6) is 0 Å². The molecule has 1 rings (SSSR count). The maximum absolute atomic E-state index is 12.6. The van der Waals surface area contributed by atoms with E-state index in [1.54, 1.807) is 36.4 Å². The Labute approximate surface area is 143 Å². The summed E-state index contributed by atoms with van der Waals surface area (Å²) in [6.07, 6.45) is -6.67. The molecule has 0 aliphatic carbocycles. The lowest BCUT2D eigenvalue weighted by molar-refractivity contribution is -0.171. The monoisotopic (exact) mass is 357 g/mol. The van der Waals surface area contributed by atoms with Crippen LogP contribution in [0.2, 0.25) is 0 Å². The molecule has 0 saturated heterocycles. The number of imide groups is 1. The van der Waals surface area contributed by atoms with Gasteiger partial charge in [0.1, 0.15) is 6.54 Å². The maximum Gasteiger partial charge on any atom is 0.415 e. The van der Waals surface area contributed by atoms with Gasteiger partial charge in [0.25, 0.3) is 0 Å². The standard InChI is InChI=1S/C16H18F3N3O3/c1-12(16(17,18)19)7-9-22(15(24)25)14(23)21(10-8-20)11-13-5-3-2-4-6-13/h2-6,12H,7,9-11H2,1H3,(H,24,25). The smallest absolute Gasteiger partial charge is 0.415 e. The summed E-state index contributed by atoms with van der Waals surface area (Å²) in [6, 6.07) is 9.29. The van der Waals surface area contributed by atoms with Crippen LogP contribution in [-0.4, -0.2) is 46.3 Å². The van der Waals surface area contributed by atoms with E-state index in [1.807, 2.05) is 0 Å². The largest absolute Gasteiger partial charge is 0.465 e.